The summed E-state index contributed by atoms with van der Waals surface area (Å²) in [4.78, 5) is 65.9. The van der Waals surface area contributed by atoms with Gasteiger partial charge in [0.1, 0.15) is 23.1 Å². The number of ketones is 3. The second kappa shape index (κ2) is 34.9. The molecule has 1 aromatic carbocycles. The Morgan fingerprint density at radius 2 is 1.03 bits per heavy atom. The smallest absolute Gasteiger partial charge is 0.344 e. The summed E-state index contributed by atoms with van der Waals surface area (Å²) in [6, 6.07) is 7.85. The molecule has 0 aromatic heterocycles. The molecule has 10 nitrogen and oxygen atoms in total. The van der Waals surface area contributed by atoms with Crippen LogP contribution >= 0.6 is 0 Å². The van der Waals surface area contributed by atoms with E-state index in [0.717, 1.165) is 51.4 Å². The Hall–Kier alpha value is -3.56. The molecule has 0 bridgehead atoms. The molecule has 0 radical (unpaired) electrons. The second-order valence-electron chi connectivity index (χ2n) is 21.2. The zero-order valence-corrected chi connectivity index (χ0v) is 42.6. The lowest BCUT2D eigenvalue weighted by molar-refractivity contribution is -0.145. The van der Waals surface area contributed by atoms with Crippen LogP contribution in [0.1, 0.15) is 213 Å². The summed E-state index contributed by atoms with van der Waals surface area (Å²) < 4.78 is 15.1. The summed E-state index contributed by atoms with van der Waals surface area (Å²) >= 11 is 0. The number of rotatable bonds is 24. The summed E-state index contributed by atoms with van der Waals surface area (Å²) in [5, 5.41) is 2.59. The van der Waals surface area contributed by atoms with Gasteiger partial charge in [-0.25, -0.2) is 4.79 Å². The van der Waals surface area contributed by atoms with Crippen LogP contribution in [0.15, 0.2) is 24.3 Å². The molecule has 1 rings (SSSR count). The highest BCUT2D eigenvalue weighted by molar-refractivity contribution is 5.85. The molecule has 0 aliphatic rings. The van der Waals surface area contributed by atoms with Crippen LogP contribution in [-0.2, 0) is 44.7 Å². The average Bonchev–Trinajstić information content (AvgIpc) is 3.11. The summed E-state index contributed by atoms with van der Waals surface area (Å²) in [5.74, 6) is 0.646. The number of ether oxygens (including phenoxy) is 3. The van der Waals surface area contributed by atoms with Gasteiger partial charge in [0.05, 0.1) is 19.8 Å². The molecule has 62 heavy (non-hydrogen) atoms. The number of nitrogens with one attached hydrogen (secondary N) is 1. The fourth-order valence-electron chi connectivity index (χ4n) is 5.72. The van der Waals surface area contributed by atoms with E-state index in [0.29, 0.717) is 67.3 Å². The molecule has 1 amide bonds. The lowest BCUT2D eigenvalue weighted by atomic mass is 9.88. The van der Waals surface area contributed by atoms with Crippen LogP contribution in [0.2, 0.25) is 0 Å². The first kappa shape index (κ1) is 62.7. The van der Waals surface area contributed by atoms with Crippen LogP contribution in [0, 0.1) is 21.7 Å². The van der Waals surface area contributed by atoms with Gasteiger partial charge in [0.25, 0.3) is 0 Å². The van der Waals surface area contributed by atoms with Crippen molar-refractivity contribution < 1.29 is 43.0 Å². The fraction of sp³-hybridized carbons (Fsp3) is 0.769. The summed E-state index contributed by atoms with van der Waals surface area (Å²) in [5.41, 5.74) is 2.54. The quantitative estimate of drug-likeness (QED) is 0.0793. The maximum Gasteiger partial charge on any atom is 0.344 e. The minimum atomic E-state index is -0.335. The summed E-state index contributed by atoms with van der Waals surface area (Å²) in [7, 11) is 0. The number of amides is 1. The predicted octanol–water partition coefficient (Wildman–Crippen LogP) is 12.6. The van der Waals surface area contributed by atoms with Gasteiger partial charge in [-0.1, -0.05) is 121 Å². The van der Waals surface area contributed by atoms with E-state index < -0.39 is 0 Å². The van der Waals surface area contributed by atoms with Crippen LogP contribution in [0.25, 0.3) is 0 Å². The van der Waals surface area contributed by atoms with Gasteiger partial charge in [-0.3, -0.25) is 19.2 Å². The molecule has 0 spiro atoms. The van der Waals surface area contributed by atoms with Crippen molar-refractivity contribution in [2.24, 2.45) is 21.7 Å². The third-order valence-electron chi connectivity index (χ3n) is 8.91. The minimum absolute atomic E-state index is 0.00181. The van der Waals surface area contributed by atoms with Crippen molar-refractivity contribution in [1.29, 1.82) is 0 Å². The Morgan fingerprint density at radius 1 is 0.532 bits per heavy atom. The SMILES string of the molecule is CC(=O)CCC(=O)CCCC(C)(C)C.CC(=O)CNC(=O)CCCCC(C)(C)C.CCOC(=O)CCCCCCC(C)(C)C.CCOC(=O)COc1cccc(CC(C)(C)C)c1. The molecule has 0 atom stereocenters. The number of unbranched alkanes of at least 4 members (excludes halogenated alkanes) is 4. The normalized spacial score (nSPS) is 11.3. The number of esters is 2. The van der Waals surface area contributed by atoms with E-state index in [9.17, 15) is 28.8 Å². The van der Waals surface area contributed by atoms with E-state index in [-0.39, 0.29) is 53.8 Å². The molecule has 1 N–H and O–H groups in total. The van der Waals surface area contributed by atoms with Gasteiger partial charge < -0.3 is 24.3 Å². The van der Waals surface area contributed by atoms with Crippen molar-refractivity contribution in [3.63, 3.8) is 0 Å². The van der Waals surface area contributed by atoms with Crippen LogP contribution in [-0.4, -0.2) is 61.6 Å². The topological polar surface area (TPSA) is 142 Å². The maximum atomic E-state index is 11.3. The Kier molecular flexibility index (Phi) is 35.3. The number of benzene rings is 1. The Bertz CT molecular complexity index is 1390. The van der Waals surface area contributed by atoms with Crippen molar-refractivity contribution in [1.82, 2.24) is 5.32 Å². The molecular weight excluding hydrogens is 783 g/mol. The second-order valence-corrected chi connectivity index (χ2v) is 21.2. The lowest BCUT2D eigenvalue weighted by Gasteiger charge is -2.18. The molecule has 0 saturated carbocycles. The highest BCUT2D eigenvalue weighted by Gasteiger charge is 2.14. The van der Waals surface area contributed by atoms with E-state index in [2.05, 4.69) is 94.5 Å². The van der Waals surface area contributed by atoms with E-state index in [1.807, 2.05) is 25.1 Å². The van der Waals surface area contributed by atoms with Gasteiger partial charge in [0, 0.05) is 32.1 Å². The monoisotopic (exact) mass is 876 g/mol. The first-order chi connectivity index (χ1) is 28.5. The van der Waals surface area contributed by atoms with Crippen molar-refractivity contribution in [3.8, 4) is 5.75 Å². The van der Waals surface area contributed by atoms with Gasteiger partial charge in [0.2, 0.25) is 5.91 Å². The third-order valence-corrected chi connectivity index (χ3v) is 8.91. The van der Waals surface area contributed by atoms with Gasteiger partial charge >= 0.3 is 11.9 Å². The van der Waals surface area contributed by atoms with Gasteiger partial charge in [-0.15, -0.1) is 0 Å². The Balaban J connectivity index is -0.000000753. The lowest BCUT2D eigenvalue weighted by Crippen LogP contribution is -2.27. The van der Waals surface area contributed by atoms with Crippen LogP contribution in [0.5, 0.6) is 5.75 Å². The molecule has 0 saturated heterocycles. The molecule has 1 aromatic rings. The van der Waals surface area contributed by atoms with E-state index in [1.165, 1.54) is 38.7 Å². The van der Waals surface area contributed by atoms with Crippen LogP contribution < -0.4 is 10.1 Å². The van der Waals surface area contributed by atoms with Gasteiger partial charge in [-0.05, 0) is 112 Å². The number of hydrogen-bond donors (Lipinski definition) is 1. The van der Waals surface area contributed by atoms with Crippen LogP contribution in [0.3, 0.4) is 0 Å². The predicted molar refractivity (Wildman–Crippen MR) is 255 cm³/mol. The first-order valence-corrected chi connectivity index (χ1v) is 23.3. The van der Waals surface area contributed by atoms with Gasteiger partial charge in [0.15, 0.2) is 6.61 Å². The van der Waals surface area contributed by atoms with Crippen LogP contribution in [0.4, 0.5) is 0 Å². The maximum absolute atomic E-state index is 11.3. The number of carbonyl (C=O) groups excluding carboxylic acids is 6. The van der Waals surface area contributed by atoms with E-state index in [1.54, 1.807) is 6.92 Å². The van der Waals surface area contributed by atoms with Gasteiger partial charge in [-0.2, -0.15) is 0 Å². The van der Waals surface area contributed by atoms with E-state index >= 15 is 0 Å². The summed E-state index contributed by atoms with van der Waals surface area (Å²) in [6.07, 6.45) is 14.6. The van der Waals surface area contributed by atoms with Crippen molar-refractivity contribution in [3.05, 3.63) is 29.8 Å². The third kappa shape index (κ3) is 52.6. The minimum Gasteiger partial charge on any atom is -0.482 e. The van der Waals surface area contributed by atoms with Crippen molar-refractivity contribution in [2.75, 3.05) is 26.4 Å². The zero-order chi connectivity index (χ0) is 48.4. The molecule has 0 heterocycles. The summed E-state index contributed by atoms with van der Waals surface area (Å²) in [6.45, 7) is 34.1. The zero-order valence-electron chi connectivity index (χ0n) is 42.6. The molecule has 0 fully saturated rings. The average molecular weight is 876 g/mol. The number of Topliss-reactive ketones (excluding diaryl/α,β-unsaturated/α-hetero) is 3. The number of carbonyl (C=O) groups is 6. The molecule has 0 aliphatic heterocycles. The Labute approximate surface area is 379 Å². The van der Waals surface area contributed by atoms with E-state index in [4.69, 9.17) is 14.2 Å². The molecule has 0 unspecified atom stereocenters. The molecule has 10 heteroatoms. The largest absolute Gasteiger partial charge is 0.482 e. The van der Waals surface area contributed by atoms with Crippen molar-refractivity contribution in [2.45, 2.75) is 214 Å². The van der Waals surface area contributed by atoms with Crippen molar-refractivity contribution >= 4 is 35.2 Å². The highest BCUT2D eigenvalue weighted by Crippen LogP contribution is 2.25. The number of hydrogen-bond acceptors (Lipinski definition) is 9. The first-order valence-electron chi connectivity index (χ1n) is 23.3. The molecular formula is C52H93NO9. The molecule has 0 aliphatic carbocycles. The fourth-order valence-corrected chi connectivity index (χ4v) is 5.72. The Morgan fingerprint density at radius 3 is 1.53 bits per heavy atom. The standard InChI is InChI=1S/C15H22O3.C13H26O2.C12H23NO2.C12H22O2/c1-5-17-14(16)11-18-13-8-6-7-12(9-13)10-15(2,3)4;1-5-15-12(14)10-8-6-7-9-11-13(2,3)4;1-10(14)9-13-11(15)7-5-6-8-12(2,3)4;1-10(13)7-8-11(14)6-5-9-12(2,3)4/h6-9H,5,10-11H2,1-4H3;5-11H2,1-4H3;5-9H2,1-4H3,(H,13,15);5-9H2,1-4H3. The highest BCUT2D eigenvalue weighted by atomic mass is 16.6. The molecule has 360 valence electrons.